The maximum absolute atomic E-state index is 12.7. The summed E-state index contributed by atoms with van der Waals surface area (Å²) in [5.74, 6) is 0.849. The van der Waals surface area contributed by atoms with Gasteiger partial charge in [-0.2, -0.15) is 5.10 Å². The van der Waals surface area contributed by atoms with E-state index in [2.05, 4.69) is 34.5 Å². The molecule has 29 heavy (non-hydrogen) atoms. The summed E-state index contributed by atoms with van der Waals surface area (Å²) >= 11 is 1.44. The van der Waals surface area contributed by atoms with Gasteiger partial charge in [0.05, 0.1) is 25.1 Å². The number of nitrogens with zero attached hydrogens (tertiary/aromatic N) is 3. The molecule has 1 aliphatic heterocycles. The number of thioether (sulfide) groups is 1. The van der Waals surface area contributed by atoms with Gasteiger partial charge >= 0.3 is 0 Å². The molecule has 0 aromatic heterocycles. The van der Waals surface area contributed by atoms with E-state index in [1.54, 1.807) is 18.2 Å². The lowest BCUT2D eigenvalue weighted by molar-refractivity contribution is -0.126. The minimum Gasteiger partial charge on any atom is -0.497 e. The first-order valence-corrected chi connectivity index (χ1v) is 10.2. The van der Waals surface area contributed by atoms with Crippen LogP contribution < -0.4 is 4.74 Å². The predicted molar refractivity (Wildman–Crippen MR) is 120 cm³/mol. The van der Waals surface area contributed by atoms with Crippen LogP contribution in [0, 0.1) is 0 Å². The van der Waals surface area contributed by atoms with E-state index in [4.69, 9.17) is 4.74 Å². The Hall–Kier alpha value is -3.12. The molecule has 1 unspecified atom stereocenters. The molecule has 0 saturated carbocycles. The zero-order chi connectivity index (χ0) is 20.2. The molecule has 5 nitrogen and oxygen atoms in total. The fourth-order valence-corrected chi connectivity index (χ4v) is 4.16. The van der Waals surface area contributed by atoms with Crippen molar-refractivity contribution in [2.24, 2.45) is 10.2 Å². The number of hydrogen-bond donors (Lipinski definition) is 0. The fourth-order valence-electron chi connectivity index (χ4n) is 3.24. The van der Waals surface area contributed by atoms with Crippen molar-refractivity contribution < 1.29 is 9.53 Å². The number of hydrogen-bond acceptors (Lipinski definition) is 5. The highest BCUT2D eigenvalue weighted by Gasteiger charge is 2.35. The van der Waals surface area contributed by atoms with E-state index < -0.39 is 0 Å². The third-order valence-corrected chi connectivity index (χ3v) is 5.87. The summed E-state index contributed by atoms with van der Waals surface area (Å²) in [6, 6.07) is 21.9. The van der Waals surface area contributed by atoms with Crippen molar-refractivity contribution in [2.75, 3.05) is 7.11 Å². The Morgan fingerprint density at radius 1 is 1.07 bits per heavy atom. The lowest BCUT2D eigenvalue weighted by Gasteiger charge is -2.17. The molecule has 6 heteroatoms. The summed E-state index contributed by atoms with van der Waals surface area (Å²) in [4.78, 5) is 14.4. The van der Waals surface area contributed by atoms with Crippen LogP contribution in [0.15, 0.2) is 76.9 Å². The van der Waals surface area contributed by atoms with Crippen molar-refractivity contribution in [3.05, 3.63) is 77.9 Å². The van der Waals surface area contributed by atoms with E-state index in [0.29, 0.717) is 11.7 Å². The van der Waals surface area contributed by atoms with Gasteiger partial charge in [0, 0.05) is 0 Å². The minimum atomic E-state index is -0.167. The Kier molecular flexibility index (Phi) is 5.62. The first-order chi connectivity index (χ1) is 14.2. The summed E-state index contributed by atoms with van der Waals surface area (Å²) in [5.41, 5.74) is 2.01. The lowest BCUT2D eigenvalue weighted by atomic mass is 10.0. The minimum absolute atomic E-state index is 0.0568. The van der Waals surface area contributed by atoms with E-state index in [-0.39, 0.29) is 11.2 Å². The van der Waals surface area contributed by atoms with E-state index in [1.165, 1.54) is 11.8 Å². The Bertz CT molecular complexity index is 1090. The normalized spacial score (nSPS) is 18.3. The van der Waals surface area contributed by atoms with Gasteiger partial charge < -0.3 is 4.74 Å². The zero-order valence-electron chi connectivity index (χ0n) is 16.3. The molecule has 1 fully saturated rings. The number of benzene rings is 3. The van der Waals surface area contributed by atoms with Crippen LogP contribution in [0.2, 0.25) is 0 Å². The van der Waals surface area contributed by atoms with Crippen molar-refractivity contribution in [3.63, 3.8) is 0 Å². The van der Waals surface area contributed by atoms with Crippen LogP contribution in [0.3, 0.4) is 0 Å². The quantitative estimate of drug-likeness (QED) is 0.458. The molecule has 1 saturated heterocycles. The molecule has 0 radical (unpaired) electrons. The number of carbonyl (C=O) groups excluding carboxylic acids is 1. The second-order valence-corrected chi connectivity index (χ2v) is 8.03. The molecule has 1 heterocycles. The Morgan fingerprint density at radius 3 is 2.62 bits per heavy atom. The van der Waals surface area contributed by atoms with Gasteiger partial charge in [0.25, 0.3) is 0 Å². The van der Waals surface area contributed by atoms with Gasteiger partial charge in [0.1, 0.15) is 5.75 Å². The van der Waals surface area contributed by atoms with E-state index in [1.807, 2.05) is 49.4 Å². The monoisotopic (exact) mass is 403 g/mol. The molecular weight excluding hydrogens is 382 g/mol. The Balaban J connectivity index is 1.58. The van der Waals surface area contributed by atoms with Crippen LogP contribution in [0.1, 0.15) is 18.1 Å². The Labute approximate surface area is 174 Å². The van der Waals surface area contributed by atoms with Gasteiger partial charge in [-0.05, 0) is 53.1 Å². The summed E-state index contributed by atoms with van der Waals surface area (Å²) < 4.78 is 5.16. The molecule has 0 N–H and O–H groups in total. The van der Waals surface area contributed by atoms with Gasteiger partial charge in [0.2, 0.25) is 5.91 Å². The topological polar surface area (TPSA) is 54.3 Å². The molecule has 3 aromatic rings. The third-order valence-electron chi connectivity index (χ3n) is 4.80. The van der Waals surface area contributed by atoms with E-state index >= 15 is 0 Å². The van der Waals surface area contributed by atoms with Gasteiger partial charge in [0.15, 0.2) is 5.17 Å². The van der Waals surface area contributed by atoms with Gasteiger partial charge in [-0.1, -0.05) is 54.2 Å². The number of ether oxygens (including phenoxy) is 1. The van der Waals surface area contributed by atoms with Crippen LogP contribution in [0.5, 0.6) is 5.75 Å². The molecule has 1 amide bonds. The number of amides is 1. The van der Waals surface area contributed by atoms with Crippen molar-refractivity contribution in [1.82, 2.24) is 4.90 Å². The van der Waals surface area contributed by atoms with Crippen molar-refractivity contribution in [1.29, 1.82) is 0 Å². The van der Waals surface area contributed by atoms with Crippen LogP contribution in [0.4, 0.5) is 0 Å². The zero-order valence-corrected chi connectivity index (χ0v) is 17.1. The van der Waals surface area contributed by atoms with Crippen molar-refractivity contribution >= 4 is 39.8 Å². The predicted octanol–water partition coefficient (Wildman–Crippen LogP) is 4.70. The highest BCUT2D eigenvalue weighted by molar-refractivity contribution is 8.15. The van der Waals surface area contributed by atoms with E-state index in [9.17, 15) is 4.79 Å². The van der Waals surface area contributed by atoms with Crippen LogP contribution in [-0.4, -0.2) is 34.5 Å². The molecule has 0 aliphatic carbocycles. The number of amidine groups is 1. The average Bonchev–Trinajstić information content (AvgIpc) is 3.02. The SMILES string of the molecule is COc1ccc(/C=N/N=C2\SC(C)C(=O)N2Cc2cccc3ccccc23)cc1. The summed E-state index contributed by atoms with van der Waals surface area (Å²) in [5, 5.41) is 11.3. The second kappa shape index (κ2) is 8.49. The fraction of sp³-hybridized carbons (Fsp3) is 0.174. The first-order valence-electron chi connectivity index (χ1n) is 9.35. The second-order valence-electron chi connectivity index (χ2n) is 6.72. The molecule has 146 valence electrons. The average molecular weight is 404 g/mol. The van der Waals surface area contributed by atoms with Crippen molar-refractivity contribution in [2.45, 2.75) is 18.7 Å². The standard InChI is InChI=1S/C23H21N3O2S/c1-16-22(27)26(15-19-8-5-7-18-6-3-4-9-21(18)19)23(29-16)25-24-14-17-10-12-20(28-2)13-11-17/h3-14,16H,15H2,1-2H3/b24-14+,25-23-. The number of fused-ring (bicyclic) bond motifs is 1. The largest absolute Gasteiger partial charge is 0.497 e. The smallest absolute Gasteiger partial charge is 0.242 e. The number of rotatable bonds is 5. The maximum atomic E-state index is 12.7. The van der Waals surface area contributed by atoms with Crippen molar-refractivity contribution in [3.8, 4) is 5.75 Å². The lowest BCUT2D eigenvalue weighted by Crippen LogP contribution is -2.30. The van der Waals surface area contributed by atoms with Gasteiger partial charge in [-0.25, -0.2) is 0 Å². The van der Waals surface area contributed by atoms with E-state index in [0.717, 1.165) is 27.6 Å². The van der Waals surface area contributed by atoms with Gasteiger partial charge in [-0.3, -0.25) is 9.69 Å². The Morgan fingerprint density at radius 2 is 1.83 bits per heavy atom. The molecule has 4 rings (SSSR count). The number of carbonyl (C=O) groups is 1. The summed E-state index contributed by atoms with van der Waals surface area (Å²) in [6.45, 7) is 2.38. The maximum Gasteiger partial charge on any atom is 0.242 e. The molecule has 3 aromatic carbocycles. The molecule has 0 spiro atoms. The summed E-state index contributed by atoms with van der Waals surface area (Å²) in [7, 11) is 1.63. The molecule has 0 bridgehead atoms. The molecule has 1 atom stereocenters. The van der Waals surface area contributed by atoms with Crippen LogP contribution in [0.25, 0.3) is 10.8 Å². The third kappa shape index (κ3) is 4.17. The van der Waals surface area contributed by atoms with Crippen LogP contribution in [-0.2, 0) is 11.3 Å². The van der Waals surface area contributed by atoms with Gasteiger partial charge in [-0.15, -0.1) is 5.10 Å². The first kappa shape index (κ1) is 19.2. The van der Waals surface area contributed by atoms with Crippen LogP contribution >= 0.6 is 11.8 Å². The molecular formula is C23H21N3O2S. The summed E-state index contributed by atoms with van der Waals surface area (Å²) in [6.07, 6.45) is 1.68. The molecule has 1 aliphatic rings. The highest BCUT2D eigenvalue weighted by Crippen LogP contribution is 2.30. The highest BCUT2D eigenvalue weighted by atomic mass is 32.2. The number of methoxy groups -OCH3 is 1.